The summed E-state index contributed by atoms with van der Waals surface area (Å²) in [6, 6.07) is 8.62. The van der Waals surface area contributed by atoms with Gasteiger partial charge < -0.3 is 24.8 Å². The highest BCUT2D eigenvalue weighted by Gasteiger charge is 2.51. The number of carbonyl (C=O) groups is 1. The fourth-order valence-electron chi connectivity index (χ4n) is 6.73. The predicted molar refractivity (Wildman–Crippen MR) is 153 cm³/mol. The Labute approximate surface area is 243 Å². The molecule has 1 amide bonds. The first-order valence-electron chi connectivity index (χ1n) is 14.5. The average Bonchev–Trinajstić information content (AvgIpc) is 3.48. The van der Waals surface area contributed by atoms with E-state index in [9.17, 15) is 18.0 Å². The molecule has 0 spiro atoms. The molecule has 224 valence electrons. The molecule has 8 nitrogen and oxygen atoms in total. The molecule has 42 heavy (non-hydrogen) atoms. The van der Waals surface area contributed by atoms with Crippen LogP contribution in [0, 0.1) is 0 Å². The lowest BCUT2D eigenvalue weighted by molar-refractivity contribution is -0.138. The minimum Gasteiger partial charge on any atom is -0.385 e. The standard InChI is InChI=1S/C31H37F3N6O2/c1-5-35-21-11-20(30(14-23(15-30)42-4)28-38-37-18-39(28)3)12-22(13-21)40-17-25-24(27(40)41)9-19(10-26(25)31(32,33)34)16-36-29(2)7-6-8-29/h9-13,18,23,35-36H,5-8,14-17H2,1-4H3. The number of nitrogens with zero attached hydrogens (tertiary/aromatic N) is 4. The van der Waals surface area contributed by atoms with Gasteiger partial charge in [-0.15, -0.1) is 10.2 Å². The van der Waals surface area contributed by atoms with Crippen LogP contribution in [0.15, 0.2) is 36.7 Å². The number of fused-ring (bicyclic) bond motifs is 1. The second-order valence-electron chi connectivity index (χ2n) is 12.2. The minimum absolute atomic E-state index is 0.0209. The van der Waals surface area contributed by atoms with Crippen molar-refractivity contribution in [3.8, 4) is 0 Å². The lowest BCUT2D eigenvalue weighted by atomic mass is 9.61. The Morgan fingerprint density at radius 2 is 1.90 bits per heavy atom. The molecular weight excluding hydrogens is 545 g/mol. The minimum atomic E-state index is -4.58. The number of alkyl halides is 3. The van der Waals surface area contributed by atoms with E-state index < -0.39 is 23.1 Å². The average molecular weight is 583 g/mol. The summed E-state index contributed by atoms with van der Waals surface area (Å²) in [5, 5.41) is 15.3. The van der Waals surface area contributed by atoms with Crippen molar-refractivity contribution in [2.24, 2.45) is 7.05 Å². The molecule has 3 aromatic rings. The number of aromatic nitrogens is 3. The first-order valence-corrected chi connectivity index (χ1v) is 14.5. The van der Waals surface area contributed by atoms with Gasteiger partial charge >= 0.3 is 6.18 Å². The zero-order valence-electron chi connectivity index (χ0n) is 24.4. The van der Waals surface area contributed by atoms with Gasteiger partial charge in [0.1, 0.15) is 12.2 Å². The van der Waals surface area contributed by atoms with Crippen LogP contribution < -0.4 is 15.5 Å². The van der Waals surface area contributed by atoms with Crippen LogP contribution in [-0.4, -0.2) is 46.0 Å². The van der Waals surface area contributed by atoms with Crippen LogP contribution in [0.2, 0.25) is 0 Å². The molecule has 1 aliphatic heterocycles. The molecule has 2 aliphatic carbocycles. The first kappa shape index (κ1) is 28.7. The molecule has 0 unspecified atom stereocenters. The maximum absolute atomic E-state index is 14.3. The SMILES string of the molecule is CCNc1cc(N2Cc3c(cc(CNC4(C)CCC4)cc3C(F)(F)F)C2=O)cc(C2(c3nncn3C)CC(OC)C2)c1. The summed E-state index contributed by atoms with van der Waals surface area (Å²) >= 11 is 0. The Morgan fingerprint density at radius 1 is 1.14 bits per heavy atom. The number of aryl methyl sites for hydroxylation is 1. The van der Waals surface area contributed by atoms with Crippen LogP contribution in [0.4, 0.5) is 24.5 Å². The van der Waals surface area contributed by atoms with Gasteiger partial charge in [0, 0.05) is 49.7 Å². The molecule has 0 saturated heterocycles. The largest absolute Gasteiger partial charge is 0.416 e. The van der Waals surface area contributed by atoms with Crippen molar-refractivity contribution in [3.63, 3.8) is 0 Å². The Balaban J connectivity index is 1.39. The fraction of sp³-hybridized carbons (Fsp3) is 0.516. The van der Waals surface area contributed by atoms with Crippen molar-refractivity contribution >= 4 is 17.3 Å². The van der Waals surface area contributed by atoms with Gasteiger partial charge in [-0.3, -0.25) is 4.79 Å². The summed E-state index contributed by atoms with van der Waals surface area (Å²) in [6.07, 6.45) is 1.54. The van der Waals surface area contributed by atoms with Crippen LogP contribution >= 0.6 is 0 Å². The highest BCUT2D eigenvalue weighted by Crippen LogP contribution is 2.51. The van der Waals surface area contributed by atoms with Crippen LogP contribution in [0.5, 0.6) is 0 Å². The Kier molecular flexibility index (Phi) is 7.08. The van der Waals surface area contributed by atoms with Crippen molar-refractivity contribution < 1.29 is 22.7 Å². The molecule has 2 fully saturated rings. The number of nitrogens with one attached hydrogen (secondary N) is 2. The maximum Gasteiger partial charge on any atom is 0.416 e. The summed E-state index contributed by atoms with van der Waals surface area (Å²) in [5.41, 5.74) is 1.52. The molecule has 6 rings (SSSR count). The summed E-state index contributed by atoms with van der Waals surface area (Å²) in [5.74, 6) is 0.353. The second kappa shape index (κ2) is 10.4. The normalized spacial score (nSPS) is 23.0. The lowest BCUT2D eigenvalue weighted by Gasteiger charge is -2.46. The number of halogens is 3. The van der Waals surface area contributed by atoms with E-state index in [2.05, 4.69) is 27.8 Å². The number of hydrogen-bond donors (Lipinski definition) is 2. The van der Waals surface area contributed by atoms with Crippen molar-refractivity contribution in [2.75, 3.05) is 23.9 Å². The lowest BCUT2D eigenvalue weighted by Crippen LogP contribution is -2.48. The monoisotopic (exact) mass is 582 g/mol. The third-order valence-electron chi connectivity index (χ3n) is 9.37. The number of carbonyl (C=O) groups excluding carboxylic acids is 1. The van der Waals surface area contributed by atoms with Crippen LogP contribution in [0.1, 0.15) is 84.4 Å². The third-order valence-corrected chi connectivity index (χ3v) is 9.37. The molecule has 2 saturated carbocycles. The van der Waals surface area contributed by atoms with Gasteiger partial charge in [0.2, 0.25) is 0 Å². The second-order valence-corrected chi connectivity index (χ2v) is 12.2. The van der Waals surface area contributed by atoms with Gasteiger partial charge in [-0.05, 0) is 93.0 Å². The van der Waals surface area contributed by atoms with Gasteiger partial charge in [-0.1, -0.05) is 0 Å². The van der Waals surface area contributed by atoms with Crippen molar-refractivity contribution in [1.29, 1.82) is 0 Å². The van der Waals surface area contributed by atoms with E-state index in [1.54, 1.807) is 19.5 Å². The van der Waals surface area contributed by atoms with E-state index >= 15 is 0 Å². The molecule has 0 atom stereocenters. The molecule has 2 N–H and O–H groups in total. The van der Waals surface area contributed by atoms with Gasteiger partial charge in [0.05, 0.1) is 23.6 Å². The Hall–Kier alpha value is -3.44. The van der Waals surface area contributed by atoms with E-state index in [0.717, 1.165) is 36.3 Å². The Bertz CT molecular complexity index is 1510. The number of benzene rings is 2. The molecule has 0 radical (unpaired) electrons. The van der Waals surface area contributed by atoms with Gasteiger partial charge in [0.25, 0.3) is 5.91 Å². The predicted octanol–water partition coefficient (Wildman–Crippen LogP) is 5.55. The van der Waals surface area contributed by atoms with E-state index in [0.29, 0.717) is 30.6 Å². The van der Waals surface area contributed by atoms with Crippen molar-refractivity contribution in [1.82, 2.24) is 20.1 Å². The van der Waals surface area contributed by atoms with Gasteiger partial charge in [-0.25, -0.2) is 0 Å². The molecule has 3 aliphatic rings. The number of ether oxygens (including phenoxy) is 1. The highest BCUT2D eigenvalue weighted by molar-refractivity contribution is 6.10. The molecular formula is C31H37F3N6O2. The molecule has 2 aromatic carbocycles. The molecule has 0 bridgehead atoms. The van der Waals surface area contributed by atoms with Gasteiger partial charge in [-0.2, -0.15) is 13.2 Å². The summed E-state index contributed by atoms with van der Waals surface area (Å²) in [7, 11) is 3.57. The summed E-state index contributed by atoms with van der Waals surface area (Å²) < 4.78 is 50.6. The smallest absolute Gasteiger partial charge is 0.385 e. The first-order chi connectivity index (χ1) is 20.0. The van der Waals surface area contributed by atoms with E-state index in [4.69, 9.17) is 4.74 Å². The molecule has 1 aromatic heterocycles. The van der Waals surface area contributed by atoms with E-state index in [-0.39, 0.29) is 35.9 Å². The number of anilines is 2. The number of amides is 1. The number of rotatable bonds is 9. The fourth-order valence-corrected chi connectivity index (χ4v) is 6.73. The van der Waals surface area contributed by atoms with Crippen molar-refractivity contribution in [2.45, 2.75) is 82.3 Å². The quantitative estimate of drug-likeness (QED) is 0.344. The summed E-state index contributed by atoms with van der Waals surface area (Å²) in [4.78, 5) is 15.3. The molecule has 2 heterocycles. The summed E-state index contributed by atoms with van der Waals surface area (Å²) in [6.45, 7) is 4.83. The Morgan fingerprint density at radius 3 is 2.50 bits per heavy atom. The third kappa shape index (κ3) is 4.86. The highest BCUT2D eigenvalue weighted by atomic mass is 19.4. The zero-order valence-corrected chi connectivity index (χ0v) is 24.4. The zero-order chi connectivity index (χ0) is 29.9. The van der Waals surface area contributed by atoms with E-state index in [1.807, 2.05) is 36.7 Å². The maximum atomic E-state index is 14.3. The molecule has 11 heteroatoms. The number of methoxy groups -OCH3 is 1. The number of hydrogen-bond acceptors (Lipinski definition) is 6. The van der Waals surface area contributed by atoms with Crippen molar-refractivity contribution in [3.05, 3.63) is 70.3 Å². The van der Waals surface area contributed by atoms with Crippen LogP contribution in [0.25, 0.3) is 0 Å². The van der Waals surface area contributed by atoms with E-state index in [1.165, 1.54) is 11.0 Å². The topological polar surface area (TPSA) is 84.3 Å². The van der Waals surface area contributed by atoms with Crippen LogP contribution in [-0.2, 0) is 36.5 Å². The van der Waals surface area contributed by atoms with Gasteiger partial charge in [0.15, 0.2) is 0 Å². The van der Waals surface area contributed by atoms with Crippen LogP contribution in [0.3, 0.4) is 0 Å².